The Morgan fingerprint density at radius 1 is 1.33 bits per heavy atom. The second-order valence-electron chi connectivity index (χ2n) is 6.04. The van der Waals surface area contributed by atoms with Gasteiger partial charge in [-0.15, -0.1) is 0 Å². The van der Waals surface area contributed by atoms with Crippen molar-refractivity contribution in [2.75, 3.05) is 23.9 Å². The largest absolute Gasteiger partial charge is 0.495 e. The number of nitrogens with zero attached hydrogens (tertiary/aromatic N) is 1. The maximum absolute atomic E-state index is 12.6. The Morgan fingerprint density at radius 3 is 2.92 bits per heavy atom. The van der Waals surface area contributed by atoms with Crippen LogP contribution in [0.3, 0.4) is 0 Å². The van der Waals surface area contributed by atoms with E-state index in [2.05, 4.69) is 29.3 Å². The molecule has 2 aromatic carbocycles. The van der Waals surface area contributed by atoms with E-state index >= 15 is 0 Å². The Hall–Kier alpha value is -2.20. The molecule has 2 aromatic rings. The molecule has 4 nitrogen and oxygen atoms in total. The van der Waals surface area contributed by atoms with Crippen molar-refractivity contribution < 1.29 is 9.53 Å². The zero-order valence-corrected chi connectivity index (χ0v) is 14.6. The van der Waals surface area contributed by atoms with Crippen LogP contribution in [0.5, 0.6) is 5.75 Å². The van der Waals surface area contributed by atoms with Crippen LogP contribution in [0.25, 0.3) is 0 Å². The standard InChI is InChI=1S/C19H21ClN2O2/c1-13-7-8-14-5-3-4-6-17(14)22(13)12-19(23)21-16-11-15(20)9-10-18(16)24-2/h3-6,9-11,13H,7-8,12H2,1-2H3,(H,21,23)/t13-/m1/s1. The van der Waals surface area contributed by atoms with E-state index in [4.69, 9.17) is 16.3 Å². The van der Waals surface area contributed by atoms with Gasteiger partial charge in [-0.3, -0.25) is 4.79 Å². The molecule has 1 aliphatic rings. The van der Waals surface area contributed by atoms with Crippen LogP contribution in [0.15, 0.2) is 42.5 Å². The summed E-state index contributed by atoms with van der Waals surface area (Å²) in [4.78, 5) is 14.7. The van der Waals surface area contributed by atoms with E-state index in [1.54, 1.807) is 25.3 Å². The fourth-order valence-electron chi connectivity index (χ4n) is 3.12. The van der Waals surface area contributed by atoms with Gasteiger partial charge in [0.2, 0.25) is 5.91 Å². The minimum Gasteiger partial charge on any atom is -0.495 e. The number of halogens is 1. The zero-order chi connectivity index (χ0) is 17.1. The van der Waals surface area contributed by atoms with Crippen LogP contribution in [0, 0.1) is 0 Å². The molecule has 24 heavy (non-hydrogen) atoms. The van der Waals surface area contributed by atoms with Crippen LogP contribution < -0.4 is 15.0 Å². The van der Waals surface area contributed by atoms with E-state index < -0.39 is 0 Å². The lowest BCUT2D eigenvalue weighted by molar-refractivity contribution is -0.115. The molecule has 0 fully saturated rings. The Morgan fingerprint density at radius 2 is 2.12 bits per heavy atom. The summed E-state index contributed by atoms with van der Waals surface area (Å²) >= 11 is 6.02. The van der Waals surface area contributed by atoms with Crippen LogP contribution in [-0.4, -0.2) is 25.6 Å². The molecule has 1 amide bonds. The third-order valence-electron chi connectivity index (χ3n) is 4.41. The van der Waals surface area contributed by atoms with E-state index in [0.717, 1.165) is 18.5 Å². The van der Waals surface area contributed by atoms with E-state index in [9.17, 15) is 4.79 Å². The second-order valence-corrected chi connectivity index (χ2v) is 6.47. The predicted molar refractivity (Wildman–Crippen MR) is 98.2 cm³/mol. The third-order valence-corrected chi connectivity index (χ3v) is 4.65. The summed E-state index contributed by atoms with van der Waals surface area (Å²) in [5, 5.41) is 3.47. The molecule has 1 atom stereocenters. The molecule has 1 N–H and O–H groups in total. The maximum Gasteiger partial charge on any atom is 0.244 e. The van der Waals surface area contributed by atoms with Gasteiger partial charge < -0.3 is 15.0 Å². The van der Waals surface area contributed by atoms with Crippen molar-refractivity contribution >= 4 is 28.9 Å². The summed E-state index contributed by atoms with van der Waals surface area (Å²) in [5.41, 5.74) is 3.03. The van der Waals surface area contributed by atoms with E-state index in [-0.39, 0.29) is 5.91 Å². The van der Waals surface area contributed by atoms with Crippen LogP contribution in [-0.2, 0) is 11.2 Å². The second kappa shape index (κ2) is 7.14. The number of hydrogen-bond donors (Lipinski definition) is 1. The fraction of sp³-hybridized carbons (Fsp3) is 0.316. The number of aryl methyl sites for hydroxylation is 1. The van der Waals surface area contributed by atoms with Crippen LogP contribution in [0.4, 0.5) is 11.4 Å². The molecule has 0 saturated heterocycles. The van der Waals surface area contributed by atoms with Crippen molar-refractivity contribution in [3.63, 3.8) is 0 Å². The number of methoxy groups -OCH3 is 1. The number of hydrogen-bond acceptors (Lipinski definition) is 3. The van der Waals surface area contributed by atoms with E-state index in [1.165, 1.54) is 5.56 Å². The summed E-state index contributed by atoms with van der Waals surface area (Å²) in [6.45, 7) is 2.46. The fourth-order valence-corrected chi connectivity index (χ4v) is 3.30. The van der Waals surface area contributed by atoms with Gasteiger partial charge in [0.25, 0.3) is 0 Å². The first kappa shape index (κ1) is 16.7. The highest BCUT2D eigenvalue weighted by molar-refractivity contribution is 6.31. The first-order chi connectivity index (χ1) is 11.6. The quantitative estimate of drug-likeness (QED) is 0.906. The Labute approximate surface area is 147 Å². The highest BCUT2D eigenvalue weighted by Gasteiger charge is 2.24. The zero-order valence-electron chi connectivity index (χ0n) is 13.9. The summed E-state index contributed by atoms with van der Waals surface area (Å²) in [7, 11) is 1.57. The van der Waals surface area contributed by atoms with Gasteiger partial charge in [-0.05, 0) is 49.6 Å². The minimum atomic E-state index is -0.0841. The number of carbonyl (C=O) groups is 1. The molecule has 0 saturated carbocycles. The van der Waals surface area contributed by atoms with Crippen molar-refractivity contribution in [1.82, 2.24) is 0 Å². The van der Waals surface area contributed by atoms with Gasteiger partial charge in [0, 0.05) is 16.8 Å². The van der Waals surface area contributed by atoms with Crippen molar-refractivity contribution in [3.05, 3.63) is 53.1 Å². The molecule has 3 rings (SSSR count). The Balaban J connectivity index is 1.77. The third kappa shape index (κ3) is 3.49. The smallest absolute Gasteiger partial charge is 0.244 e. The molecule has 0 radical (unpaired) electrons. The van der Waals surface area contributed by atoms with Gasteiger partial charge in [-0.1, -0.05) is 29.8 Å². The minimum absolute atomic E-state index is 0.0841. The highest BCUT2D eigenvalue weighted by Crippen LogP contribution is 2.31. The van der Waals surface area contributed by atoms with Gasteiger partial charge in [-0.25, -0.2) is 0 Å². The lowest BCUT2D eigenvalue weighted by Crippen LogP contribution is -2.42. The molecule has 0 bridgehead atoms. The van der Waals surface area contributed by atoms with Crippen molar-refractivity contribution in [2.24, 2.45) is 0 Å². The number of nitrogens with one attached hydrogen (secondary N) is 1. The van der Waals surface area contributed by atoms with E-state index in [1.807, 2.05) is 12.1 Å². The first-order valence-electron chi connectivity index (χ1n) is 8.06. The predicted octanol–water partition coefficient (Wildman–Crippen LogP) is 4.13. The molecule has 0 spiro atoms. The Bertz CT molecular complexity index is 748. The molecule has 1 heterocycles. The molecular weight excluding hydrogens is 324 g/mol. The van der Waals surface area contributed by atoms with Gasteiger partial charge in [0.15, 0.2) is 0 Å². The summed E-state index contributed by atoms with van der Waals surface area (Å²) in [6.07, 6.45) is 2.10. The number of carbonyl (C=O) groups excluding carboxylic acids is 1. The number of rotatable bonds is 4. The SMILES string of the molecule is COc1ccc(Cl)cc1NC(=O)CN1c2ccccc2CC[C@H]1C. The van der Waals surface area contributed by atoms with E-state index in [0.29, 0.717) is 29.0 Å². The molecule has 126 valence electrons. The van der Waals surface area contributed by atoms with Crippen molar-refractivity contribution in [3.8, 4) is 5.75 Å². The van der Waals surface area contributed by atoms with Crippen LogP contribution in [0.1, 0.15) is 18.9 Å². The number of benzene rings is 2. The maximum atomic E-state index is 12.6. The summed E-state index contributed by atoms with van der Waals surface area (Å²) < 4.78 is 5.28. The molecule has 0 aromatic heterocycles. The molecule has 5 heteroatoms. The normalized spacial score (nSPS) is 16.5. The molecular formula is C19H21ClN2O2. The van der Waals surface area contributed by atoms with Crippen LogP contribution in [0.2, 0.25) is 5.02 Å². The topological polar surface area (TPSA) is 41.6 Å². The number of fused-ring (bicyclic) bond motifs is 1. The van der Waals surface area contributed by atoms with Crippen LogP contribution >= 0.6 is 11.6 Å². The van der Waals surface area contributed by atoms with Gasteiger partial charge in [0.1, 0.15) is 5.75 Å². The monoisotopic (exact) mass is 344 g/mol. The summed E-state index contributed by atoms with van der Waals surface area (Å²) in [5.74, 6) is 0.513. The first-order valence-corrected chi connectivity index (χ1v) is 8.44. The number of amides is 1. The molecule has 0 unspecified atom stereocenters. The van der Waals surface area contributed by atoms with Gasteiger partial charge >= 0.3 is 0 Å². The molecule has 1 aliphatic heterocycles. The molecule has 0 aliphatic carbocycles. The lowest BCUT2D eigenvalue weighted by atomic mass is 9.96. The van der Waals surface area contributed by atoms with Crippen molar-refractivity contribution in [1.29, 1.82) is 0 Å². The Kier molecular flexibility index (Phi) is 4.95. The average molecular weight is 345 g/mol. The van der Waals surface area contributed by atoms with Gasteiger partial charge in [-0.2, -0.15) is 0 Å². The number of ether oxygens (including phenoxy) is 1. The number of anilines is 2. The lowest BCUT2D eigenvalue weighted by Gasteiger charge is -2.36. The summed E-state index contributed by atoms with van der Waals surface area (Å²) in [6, 6.07) is 13.8. The average Bonchev–Trinajstić information content (AvgIpc) is 2.58. The van der Waals surface area contributed by atoms with Gasteiger partial charge in [0.05, 0.1) is 19.3 Å². The highest BCUT2D eigenvalue weighted by atomic mass is 35.5. The number of para-hydroxylation sites is 1. The van der Waals surface area contributed by atoms with Crippen molar-refractivity contribution in [2.45, 2.75) is 25.8 Å².